The van der Waals surface area contributed by atoms with Crippen molar-refractivity contribution in [3.63, 3.8) is 0 Å². The summed E-state index contributed by atoms with van der Waals surface area (Å²) in [6.07, 6.45) is 2.01. The Morgan fingerprint density at radius 2 is 1.93 bits per heavy atom. The minimum Gasteiger partial charge on any atom is -0.493 e. The van der Waals surface area contributed by atoms with Gasteiger partial charge in [-0.1, -0.05) is 24.3 Å². The van der Waals surface area contributed by atoms with Gasteiger partial charge in [-0.2, -0.15) is 4.99 Å². The molecule has 0 atom stereocenters. The Morgan fingerprint density at radius 3 is 2.55 bits per heavy atom. The van der Waals surface area contributed by atoms with Crippen molar-refractivity contribution in [3.8, 4) is 11.5 Å². The van der Waals surface area contributed by atoms with Crippen molar-refractivity contribution >= 4 is 37.3 Å². The van der Waals surface area contributed by atoms with Crippen molar-refractivity contribution in [3.05, 3.63) is 46.8 Å². The fraction of sp³-hybridized carbons (Fsp3) is 0.300. The van der Waals surface area contributed by atoms with Gasteiger partial charge in [-0.05, 0) is 36.8 Å². The first-order chi connectivity index (χ1) is 13.8. The van der Waals surface area contributed by atoms with Crippen molar-refractivity contribution in [2.24, 2.45) is 4.99 Å². The number of fused-ring (bicyclic) bond motifs is 1. The van der Waals surface area contributed by atoms with Crippen LogP contribution in [0.2, 0.25) is 0 Å². The number of thiazole rings is 1. The molecule has 0 unspecified atom stereocenters. The lowest BCUT2D eigenvalue weighted by molar-refractivity contribution is 0.0994. The van der Waals surface area contributed by atoms with Gasteiger partial charge in [-0.3, -0.25) is 4.79 Å². The predicted molar refractivity (Wildman–Crippen MR) is 113 cm³/mol. The normalized spacial score (nSPS) is 12.3. The van der Waals surface area contributed by atoms with Gasteiger partial charge in [-0.15, -0.1) is 0 Å². The quantitative estimate of drug-likeness (QED) is 0.594. The first kappa shape index (κ1) is 21.1. The highest BCUT2D eigenvalue weighted by molar-refractivity contribution is 7.90. The summed E-state index contributed by atoms with van der Waals surface area (Å²) in [7, 11) is -0.349. The molecular weight excluding hydrogens is 412 g/mol. The summed E-state index contributed by atoms with van der Waals surface area (Å²) in [5.41, 5.74) is 1.14. The fourth-order valence-corrected chi connectivity index (χ4v) is 4.83. The topological polar surface area (TPSA) is 87.0 Å². The van der Waals surface area contributed by atoms with Gasteiger partial charge < -0.3 is 14.0 Å². The number of aromatic nitrogens is 1. The van der Waals surface area contributed by atoms with Crippen LogP contribution in [0.25, 0.3) is 10.2 Å². The van der Waals surface area contributed by atoms with Crippen LogP contribution in [0.4, 0.5) is 0 Å². The third-order valence-corrected chi connectivity index (χ3v) is 6.51. The van der Waals surface area contributed by atoms with E-state index in [0.717, 1.165) is 16.6 Å². The molecule has 0 radical (unpaired) electrons. The largest absolute Gasteiger partial charge is 0.493 e. The second kappa shape index (κ2) is 8.38. The van der Waals surface area contributed by atoms with Gasteiger partial charge in [0.05, 0.1) is 34.9 Å². The van der Waals surface area contributed by atoms with E-state index in [-0.39, 0.29) is 4.90 Å². The lowest BCUT2D eigenvalue weighted by atomic mass is 10.2. The predicted octanol–water partition coefficient (Wildman–Crippen LogP) is 3.27. The minimum absolute atomic E-state index is 0.238. The highest BCUT2D eigenvalue weighted by Gasteiger charge is 2.17. The molecule has 0 fully saturated rings. The van der Waals surface area contributed by atoms with Crippen molar-refractivity contribution in [2.45, 2.75) is 24.8 Å². The van der Waals surface area contributed by atoms with E-state index in [0.29, 0.717) is 28.4 Å². The summed E-state index contributed by atoms with van der Waals surface area (Å²) in [6.45, 7) is 2.68. The first-order valence-electron chi connectivity index (χ1n) is 8.93. The van der Waals surface area contributed by atoms with Gasteiger partial charge in [0.15, 0.2) is 26.1 Å². The lowest BCUT2D eigenvalue weighted by Crippen LogP contribution is -2.17. The van der Waals surface area contributed by atoms with Crippen molar-refractivity contribution < 1.29 is 22.7 Å². The van der Waals surface area contributed by atoms with E-state index in [2.05, 4.69) is 4.99 Å². The Morgan fingerprint density at radius 1 is 1.17 bits per heavy atom. The Hall–Kier alpha value is -2.65. The second-order valence-corrected chi connectivity index (χ2v) is 9.42. The number of nitrogens with zero attached hydrogens (tertiary/aromatic N) is 2. The molecule has 0 aliphatic heterocycles. The molecule has 0 saturated heterocycles. The average molecular weight is 435 g/mol. The molecule has 0 saturated carbocycles. The molecule has 3 rings (SSSR count). The number of sulfone groups is 1. The maximum atomic E-state index is 12.9. The highest BCUT2D eigenvalue weighted by atomic mass is 32.2. The van der Waals surface area contributed by atoms with Crippen molar-refractivity contribution in [1.82, 2.24) is 4.57 Å². The molecule has 29 heavy (non-hydrogen) atoms. The smallest absolute Gasteiger partial charge is 0.283 e. The molecule has 7 nitrogen and oxygen atoms in total. The van der Waals surface area contributed by atoms with Crippen LogP contribution in [0, 0.1) is 0 Å². The van der Waals surface area contributed by atoms with E-state index in [1.54, 1.807) is 36.4 Å². The number of para-hydroxylation sites is 1. The number of carbonyl (C=O) groups is 1. The van der Waals surface area contributed by atoms with E-state index in [1.165, 1.54) is 31.8 Å². The number of rotatable bonds is 6. The Balaban J connectivity index is 2.19. The summed E-state index contributed by atoms with van der Waals surface area (Å²) in [5.74, 6) is 0.316. The lowest BCUT2D eigenvalue weighted by Gasteiger charge is -2.10. The summed E-state index contributed by atoms with van der Waals surface area (Å²) < 4.78 is 37.0. The summed E-state index contributed by atoms with van der Waals surface area (Å²) >= 11 is 1.28. The number of hydrogen-bond donors (Lipinski definition) is 0. The van der Waals surface area contributed by atoms with Gasteiger partial charge in [0.25, 0.3) is 5.91 Å². The summed E-state index contributed by atoms with van der Waals surface area (Å²) in [4.78, 5) is 18.0. The molecule has 0 N–H and O–H groups in total. The van der Waals surface area contributed by atoms with Gasteiger partial charge in [-0.25, -0.2) is 8.42 Å². The molecule has 0 bridgehead atoms. The van der Waals surface area contributed by atoms with E-state index in [1.807, 2.05) is 11.5 Å². The first-order valence-corrected chi connectivity index (χ1v) is 11.6. The molecule has 1 aromatic heterocycles. The van der Waals surface area contributed by atoms with Gasteiger partial charge in [0, 0.05) is 12.8 Å². The molecule has 0 aliphatic carbocycles. The van der Waals surface area contributed by atoms with Crippen LogP contribution in [0.3, 0.4) is 0 Å². The molecule has 2 aromatic carbocycles. The van der Waals surface area contributed by atoms with Gasteiger partial charge in [0.2, 0.25) is 0 Å². The van der Waals surface area contributed by atoms with E-state index < -0.39 is 15.7 Å². The molecule has 0 spiro atoms. The molecule has 9 heteroatoms. The van der Waals surface area contributed by atoms with Crippen LogP contribution in [-0.4, -0.2) is 39.4 Å². The second-order valence-electron chi connectivity index (χ2n) is 6.40. The Bertz CT molecular complexity index is 1240. The summed E-state index contributed by atoms with van der Waals surface area (Å²) in [6, 6.07) is 10.00. The molecule has 154 valence electrons. The number of methoxy groups -OCH3 is 2. The number of carbonyl (C=O) groups excluding carboxylic acids is 1. The third-order valence-electron chi connectivity index (χ3n) is 4.36. The molecule has 1 amide bonds. The van der Waals surface area contributed by atoms with Gasteiger partial charge >= 0.3 is 0 Å². The maximum Gasteiger partial charge on any atom is 0.283 e. The molecule has 0 aliphatic rings. The van der Waals surface area contributed by atoms with Gasteiger partial charge in [0.1, 0.15) is 0 Å². The number of aryl methyl sites for hydroxylation is 1. The third kappa shape index (κ3) is 4.20. The monoisotopic (exact) mass is 434 g/mol. The summed E-state index contributed by atoms with van der Waals surface area (Å²) in [5, 5.41) is 0. The maximum absolute atomic E-state index is 12.9. The van der Waals surface area contributed by atoms with Crippen molar-refractivity contribution in [2.75, 3.05) is 20.5 Å². The van der Waals surface area contributed by atoms with Crippen LogP contribution >= 0.6 is 11.3 Å². The van der Waals surface area contributed by atoms with E-state index in [4.69, 9.17) is 9.47 Å². The van der Waals surface area contributed by atoms with Crippen molar-refractivity contribution in [1.29, 1.82) is 0 Å². The Kier molecular flexibility index (Phi) is 6.09. The van der Waals surface area contributed by atoms with E-state index >= 15 is 0 Å². The van der Waals surface area contributed by atoms with Crippen LogP contribution < -0.4 is 14.3 Å². The van der Waals surface area contributed by atoms with Crippen LogP contribution in [-0.2, 0) is 16.4 Å². The zero-order valence-corrected chi connectivity index (χ0v) is 18.3. The minimum atomic E-state index is -3.32. The molecule has 3 aromatic rings. The molecule has 1 heterocycles. The van der Waals surface area contributed by atoms with Crippen LogP contribution in [0.15, 0.2) is 46.3 Å². The zero-order chi connectivity index (χ0) is 21.2. The fourth-order valence-electron chi connectivity index (χ4n) is 3.01. The van der Waals surface area contributed by atoms with Crippen LogP contribution in [0.5, 0.6) is 11.5 Å². The SMILES string of the molecule is CCCn1c(=NC(=O)c2cccc(OC)c2OC)sc2cc(S(C)(=O)=O)ccc21. The number of hydrogen-bond acceptors (Lipinski definition) is 6. The standard InChI is InChI=1S/C20H22N2O5S2/c1-5-11-22-15-10-9-13(29(4,24)25)12-17(15)28-20(22)21-19(23)14-7-6-8-16(26-2)18(14)27-3/h6-10,12H,5,11H2,1-4H3. The Labute approximate surface area is 173 Å². The number of ether oxygens (including phenoxy) is 2. The average Bonchev–Trinajstić information content (AvgIpc) is 3.03. The highest BCUT2D eigenvalue weighted by Crippen LogP contribution is 2.31. The number of amides is 1. The van der Waals surface area contributed by atoms with Crippen LogP contribution in [0.1, 0.15) is 23.7 Å². The molecular formula is C20H22N2O5S2. The zero-order valence-electron chi connectivity index (χ0n) is 16.6. The van der Waals surface area contributed by atoms with E-state index in [9.17, 15) is 13.2 Å². The number of benzene rings is 2.